The Balaban J connectivity index is 1.52. The molecule has 7 nitrogen and oxygen atoms in total. The molecule has 148 valence electrons. The fourth-order valence-corrected chi connectivity index (χ4v) is 4.77. The van der Waals surface area contributed by atoms with Crippen LogP contribution in [0.2, 0.25) is 0 Å². The van der Waals surface area contributed by atoms with Crippen LogP contribution >= 0.6 is 11.3 Å². The lowest BCUT2D eigenvalue weighted by Crippen LogP contribution is -2.32. The number of fused-ring (bicyclic) bond motifs is 2. The van der Waals surface area contributed by atoms with Crippen molar-refractivity contribution in [3.8, 4) is 6.07 Å². The lowest BCUT2D eigenvalue weighted by molar-refractivity contribution is -0.124. The molecule has 29 heavy (non-hydrogen) atoms. The van der Waals surface area contributed by atoms with Gasteiger partial charge in [-0.15, -0.1) is 11.3 Å². The third-order valence-corrected chi connectivity index (χ3v) is 6.22. The van der Waals surface area contributed by atoms with Gasteiger partial charge >= 0.3 is 5.97 Å². The van der Waals surface area contributed by atoms with E-state index < -0.39 is 18.0 Å². The van der Waals surface area contributed by atoms with E-state index in [0.29, 0.717) is 28.1 Å². The molecule has 1 amide bonds. The van der Waals surface area contributed by atoms with Gasteiger partial charge < -0.3 is 14.5 Å². The molecular weight excluding hydrogens is 390 g/mol. The highest BCUT2D eigenvalue weighted by atomic mass is 32.1. The Morgan fingerprint density at radius 3 is 3.00 bits per heavy atom. The molecule has 0 saturated heterocycles. The van der Waals surface area contributed by atoms with Crippen molar-refractivity contribution in [2.24, 2.45) is 0 Å². The van der Waals surface area contributed by atoms with Crippen molar-refractivity contribution in [3.63, 3.8) is 0 Å². The molecule has 0 saturated carbocycles. The summed E-state index contributed by atoms with van der Waals surface area (Å²) in [5.41, 5.74) is 2.69. The number of oxazole rings is 1. The molecule has 1 aromatic carbocycles. The number of para-hydroxylation sites is 1. The number of nitriles is 1. The number of carbonyl (C=O) groups excluding carboxylic acids is 2. The Hall–Kier alpha value is -3.18. The van der Waals surface area contributed by atoms with E-state index in [1.807, 2.05) is 0 Å². The SMILES string of the molecule is CCC(OC(=O)c1cccc2ocnc12)C(=O)Nc1sc2c(c1C#N)CCCC2. The van der Waals surface area contributed by atoms with Crippen LogP contribution in [-0.2, 0) is 22.4 Å². The molecular formula is C21H19N3O4S. The number of benzene rings is 1. The van der Waals surface area contributed by atoms with Crippen molar-refractivity contribution in [3.05, 3.63) is 46.2 Å². The van der Waals surface area contributed by atoms with Crippen LogP contribution in [0, 0.1) is 11.3 Å². The average molecular weight is 409 g/mol. The highest BCUT2D eigenvalue weighted by molar-refractivity contribution is 7.16. The molecule has 8 heteroatoms. The van der Waals surface area contributed by atoms with Gasteiger partial charge in [-0.05, 0) is 49.8 Å². The second kappa shape index (κ2) is 8.05. The van der Waals surface area contributed by atoms with E-state index in [0.717, 1.165) is 36.1 Å². The van der Waals surface area contributed by atoms with Gasteiger partial charge in [0.15, 0.2) is 18.1 Å². The van der Waals surface area contributed by atoms with E-state index in [4.69, 9.17) is 9.15 Å². The lowest BCUT2D eigenvalue weighted by atomic mass is 9.96. The van der Waals surface area contributed by atoms with Crippen LogP contribution < -0.4 is 5.32 Å². The van der Waals surface area contributed by atoms with Gasteiger partial charge in [-0.2, -0.15) is 5.26 Å². The Morgan fingerprint density at radius 1 is 1.38 bits per heavy atom. The van der Waals surface area contributed by atoms with Gasteiger partial charge in [0, 0.05) is 4.88 Å². The number of esters is 1. The van der Waals surface area contributed by atoms with Crippen LogP contribution in [0.15, 0.2) is 29.0 Å². The van der Waals surface area contributed by atoms with Crippen LogP contribution in [0.3, 0.4) is 0 Å². The summed E-state index contributed by atoms with van der Waals surface area (Å²) in [4.78, 5) is 30.6. The first-order chi connectivity index (χ1) is 14.1. The fourth-order valence-electron chi connectivity index (χ4n) is 3.53. The van der Waals surface area contributed by atoms with Crippen LogP contribution in [0.1, 0.15) is 52.5 Å². The number of anilines is 1. The number of ether oxygens (including phenoxy) is 1. The van der Waals surface area contributed by atoms with Gasteiger partial charge in [0.05, 0.1) is 11.1 Å². The van der Waals surface area contributed by atoms with Gasteiger partial charge in [0.1, 0.15) is 16.6 Å². The number of aromatic nitrogens is 1. The Labute approximate surface area is 171 Å². The van der Waals surface area contributed by atoms with Crippen molar-refractivity contribution < 1.29 is 18.7 Å². The standard InChI is InChI=1S/C21H19N3O4S/c1-2-15(28-21(26)13-7-5-8-16-18(13)23-11-27-16)19(25)24-20-14(10-22)12-6-3-4-9-17(12)29-20/h5,7-8,11,15H,2-4,6,9H2,1H3,(H,24,25). The first-order valence-electron chi connectivity index (χ1n) is 9.51. The zero-order chi connectivity index (χ0) is 20.4. The molecule has 2 aromatic heterocycles. The van der Waals surface area contributed by atoms with Crippen LogP contribution in [0.4, 0.5) is 5.00 Å². The van der Waals surface area contributed by atoms with Gasteiger partial charge in [-0.25, -0.2) is 9.78 Å². The maximum atomic E-state index is 12.8. The number of nitrogens with one attached hydrogen (secondary N) is 1. The third kappa shape index (κ3) is 3.61. The van der Waals surface area contributed by atoms with E-state index in [2.05, 4.69) is 16.4 Å². The quantitative estimate of drug-likeness (QED) is 0.633. The molecule has 0 bridgehead atoms. The van der Waals surface area contributed by atoms with E-state index in [-0.39, 0.29) is 5.56 Å². The topological polar surface area (TPSA) is 105 Å². The normalized spacial score (nSPS) is 14.1. The minimum atomic E-state index is -0.977. The monoisotopic (exact) mass is 409 g/mol. The van der Waals surface area contributed by atoms with Crippen molar-refractivity contribution in [2.45, 2.75) is 45.1 Å². The predicted octanol–water partition coefficient (Wildman–Crippen LogP) is 4.21. The average Bonchev–Trinajstić information content (AvgIpc) is 3.35. The van der Waals surface area contributed by atoms with Crippen molar-refractivity contribution in [1.29, 1.82) is 5.26 Å². The molecule has 4 rings (SSSR count). The summed E-state index contributed by atoms with van der Waals surface area (Å²) in [7, 11) is 0. The largest absolute Gasteiger partial charge is 0.449 e. The van der Waals surface area contributed by atoms with Gasteiger partial charge in [0.2, 0.25) is 0 Å². The summed E-state index contributed by atoms with van der Waals surface area (Å²) in [6.45, 7) is 1.76. The number of hydrogen-bond acceptors (Lipinski definition) is 7. The van der Waals surface area contributed by atoms with Crippen LogP contribution in [-0.4, -0.2) is 23.0 Å². The van der Waals surface area contributed by atoms with E-state index in [9.17, 15) is 14.9 Å². The number of hydrogen-bond donors (Lipinski definition) is 1. The summed E-state index contributed by atoms with van der Waals surface area (Å²) >= 11 is 1.44. The van der Waals surface area contributed by atoms with E-state index in [1.165, 1.54) is 17.7 Å². The summed E-state index contributed by atoms with van der Waals surface area (Å²) < 4.78 is 10.7. The highest BCUT2D eigenvalue weighted by Gasteiger charge is 2.27. The summed E-state index contributed by atoms with van der Waals surface area (Å²) in [5, 5.41) is 12.9. The van der Waals surface area contributed by atoms with Crippen molar-refractivity contribution in [1.82, 2.24) is 4.98 Å². The summed E-state index contributed by atoms with van der Waals surface area (Å²) in [6.07, 6.45) is 4.52. The van der Waals surface area contributed by atoms with Gasteiger partial charge in [-0.3, -0.25) is 4.79 Å². The van der Waals surface area contributed by atoms with Gasteiger partial charge in [-0.1, -0.05) is 13.0 Å². The number of carbonyl (C=O) groups is 2. The summed E-state index contributed by atoms with van der Waals surface area (Å²) in [5.74, 6) is -1.08. The predicted molar refractivity (Wildman–Crippen MR) is 108 cm³/mol. The fraction of sp³-hybridized carbons (Fsp3) is 0.333. The molecule has 0 aliphatic heterocycles. The molecule has 1 N–H and O–H groups in total. The first-order valence-corrected chi connectivity index (χ1v) is 10.3. The first kappa shape index (κ1) is 19.2. The Morgan fingerprint density at radius 2 is 2.21 bits per heavy atom. The highest BCUT2D eigenvalue weighted by Crippen LogP contribution is 2.37. The summed E-state index contributed by atoms with van der Waals surface area (Å²) in [6, 6.07) is 7.17. The molecule has 0 spiro atoms. The Bertz CT molecular complexity index is 1120. The molecule has 1 unspecified atom stereocenters. The van der Waals surface area contributed by atoms with Crippen LogP contribution in [0.25, 0.3) is 11.1 Å². The number of rotatable bonds is 5. The lowest BCUT2D eigenvalue weighted by Gasteiger charge is -2.15. The second-order valence-corrected chi connectivity index (χ2v) is 7.93. The Kier molecular flexibility index (Phi) is 5.32. The number of amides is 1. The molecule has 1 atom stereocenters. The zero-order valence-electron chi connectivity index (χ0n) is 15.9. The van der Waals surface area contributed by atoms with Crippen LogP contribution in [0.5, 0.6) is 0 Å². The van der Waals surface area contributed by atoms with E-state index in [1.54, 1.807) is 25.1 Å². The zero-order valence-corrected chi connectivity index (χ0v) is 16.7. The second-order valence-electron chi connectivity index (χ2n) is 6.82. The molecule has 0 radical (unpaired) electrons. The van der Waals surface area contributed by atoms with E-state index >= 15 is 0 Å². The molecule has 2 heterocycles. The molecule has 1 aliphatic rings. The van der Waals surface area contributed by atoms with Crippen molar-refractivity contribution in [2.75, 3.05) is 5.32 Å². The van der Waals surface area contributed by atoms with Gasteiger partial charge in [0.25, 0.3) is 5.91 Å². The number of thiophene rings is 1. The van der Waals surface area contributed by atoms with Crippen molar-refractivity contribution >= 4 is 39.3 Å². The number of nitrogens with zero attached hydrogens (tertiary/aromatic N) is 2. The number of aryl methyl sites for hydroxylation is 1. The maximum absolute atomic E-state index is 12.8. The molecule has 3 aromatic rings. The maximum Gasteiger partial charge on any atom is 0.341 e. The molecule has 1 aliphatic carbocycles. The molecule has 0 fully saturated rings. The minimum Gasteiger partial charge on any atom is -0.449 e. The smallest absolute Gasteiger partial charge is 0.341 e. The minimum absolute atomic E-state index is 0.242. The third-order valence-electron chi connectivity index (χ3n) is 5.01.